The smallest absolute Gasteiger partial charge is 0.141 e. The molecule has 4 heteroatoms. The average molecular weight is 196 g/mol. The van der Waals surface area contributed by atoms with Gasteiger partial charge < -0.3 is 9.88 Å². The molecule has 0 amide bonds. The number of fused-ring (bicyclic) bond motifs is 1. The van der Waals surface area contributed by atoms with Crippen molar-refractivity contribution in [1.82, 2.24) is 9.97 Å². The first-order valence-electron chi connectivity index (χ1n) is 3.99. The van der Waals surface area contributed by atoms with Gasteiger partial charge in [-0.25, -0.2) is 4.98 Å². The minimum Gasteiger partial charge on any atom is -0.363 e. The van der Waals surface area contributed by atoms with Crippen molar-refractivity contribution in [3.8, 4) is 0 Å². The monoisotopic (exact) mass is 195 g/mol. The molecule has 0 saturated carbocycles. The van der Waals surface area contributed by atoms with E-state index in [9.17, 15) is 0 Å². The lowest BCUT2D eigenvalue weighted by Gasteiger charge is -2.11. The highest BCUT2D eigenvalue weighted by Gasteiger charge is 2.05. The molecular formula is C9H10ClN3. The van der Waals surface area contributed by atoms with E-state index in [1.54, 1.807) is 0 Å². The second-order valence-electron chi connectivity index (χ2n) is 3.10. The van der Waals surface area contributed by atoms with Crippen LogP contribution in [0.15, 0.2) is 18.3 Å². The van der Waals surface area contributed by atoms with Crippen LogP contribution in [-0.2, 0) is 0 Å². The maximum Gasteiger partial charge on any atom is 0.141 e. The van der Waals surface area contributed by atoms with Crippen LogP contribution < -0.4 is 4.90 Å². The molecule has 3 nitrogen and oxygen atoms in total. The molecule has 0 aliphatic rings. The Morgan fingerprint density at radius 1 is 1.46 bits per heavy atom. The van der Waals surface area contributed by atoms with E-state index in [1.807, 2.05) is 37.3 Å². The summed E-state index contributed by atoms with van der Waals surface area (Å²) < 4.78 is 0. The molecule has 2 aromatic rings. The number of halogens is 1. The first-order chi connectivity index (χ1) is 6.18. The van der Waals surface area contributed by atoms with Crippen LogP contribution in [0.5, 0.6) is 0 Å². The quantitative estimate of drug-likeness (QED) is 0.757. The maximum atomic E-state index is 6.06. The van der Waals surface area contributed by atoms with Crippen molar-refractivity contribution >= 4 is 28.5 Å². The van der Waals surface area contributed by atoms with Gasteiger partial charge in [-0.1, -0.05) is 11.6 Å². The number of nitrogens with one attached hydrogen (secondary N) is 1. The van der Waals surface area contributed by atoms with Gasteiger partial charge in [0.15, 0.2) is 0 Å². The Morgan fingerprint density at radius 3 is 2.92 bits per heavy atom. The predicted octanol–water partition coefficient (Wildman–Crippen LogP) is 2.28. The summed E-state index contributed by atoms with van der Waals surface area (Å²) in [6.45, 7) is 0. The van der Waals surface area contributed by atoms with Gasteiger partial charge in [0.05, 0.1) is 5.02 Å². The third-order valence-electron chi connectivity index (χ3n) is 1.92. The minimum absolute atomic E-state index is 0.731. The second kappa shape index (κ2) is 2.92. The fourth-order valence-electron chi connectivity index (χ4n) is 1.21. The van der Waals surface area contributed by atoms with E-state index < -0.39 is 0 Å². The summed E-state index contributed by atoms with van der Waals surface area (Å²) in [7, 11) is 3.88. The molecule has 0 aliphatic heterocycles. The largest absolute Gasteiger partial charge is 0.363 e. The van der Waals surface area contributed by atoms with Gasteiger partial charge in [0.2, 0.25) is 0 Å². The molecule has 68 valence electrons. The highest BCUT2D eigenvalue weighted by atomic mass is 35.5. The number of aromatic nitrogens is 2. The van der Waals surface area contributed by atoms with Crippen molar-refractivity contribution in [2.24, 2.45) is 0 Å². The van der Waals surface area contributed by atoms with Gasteiger partial charge >= 0.3 is 0 Å². The van der Waals surface area contributed by atoms with E-state index in [0.29, 0.717) is 0 Å². The molecule has 2 rings (SSSR count). The Labute approximate surface area is 81.3 Å². The molecular weight excluding hydrogens is 186 g/mol. The SMILES string of the molecule is CN(C)c1cc(Cl)c2cc[nH]c2n1. The van der Waals surface area contributed by atoms with Crippen molar-refractivity contribution < 1.29 is 0 Å². The van der Waals surface area contributed by atoms with E-state index in [4.69, 9.17) is 11.6 Å². The fourth-order valence-corrected chi connectivity index (χ4v) is 1.46. The third kappa shape index (κ3) is 1.35. The summed E-state index contributed by atoms with van der Waals surface area (Å²) in [4.78, 5) is 9.34. The minimum atomic E-state index is 0.731. The molecule has 2 aromatic heterocycles. The van der Waals surface area contributed by atoms with Gasteiger partial charge in [-0.15, -0.1) is 0 Å². The third-order valence-corrected chi connectivity index (χ3v) is 2.24. The molecule has 0 aromatic carbocycles. The Bertz CT molecular complexity index is 433. The van der Waals surface area contributed by atoms with E-state index in [2.05, 4.69) is 9.97 Å². The highest BCUT2D eigenvalue weighted by molar-refractivity contribution is 6.35. The van der Waals surface area contributed by atoms with E-state index in [0.717, 1.165) is 21.9 Å². The lowest BCUT2D eigenvalue weighted by molar-refractivity contribution is 1.08. The lowest BCUT2D eigenvalue weighted by Crippen LogP contribution is -2.10. The first kappa shape index (κ1) is 8.38. The summed E-state index contributed by atoms with van der Waals surface area (Å²) in [6, 6.07) is 3.78. The number of rotatable bonds is 1. The van der Waals surface area contributed by atoms with Crippen LogP contribution in [0.25, 0.3) is 11.0 Å². The summed E-state index contributed by atoms with van der Waals surface area (Å²) in [5.74, 6) is 0.861. The standard InChI is InChI=1S/C9H10ClN3/c1-13(2)8-5-7(10)6-3-4-11-9(6)12-8/h3-5H,1-2H3,(H,11,12). The lowest BCUT2D eigenvalue weighted by atomic mass is 10.3. The van der Waals surface area contributed by atoms with E-state index in [-0.39, 0.29) is 0 Å². The summed E-state index contributed by atoms with van der Waals surface area (Å²) in [5, 5.41) is 1.70. The van der Waals surface area contributed by atoms with Crippen LogP contribution in [0, 0.1) is 0 Å². The summed E-state index contributed by atoms with van der Waals surface area (Å²) >= 11 is 6.06. The average Bonchev–Trinajstić information content (AvgIpc) is 2.51. The van der Waals surface area contributed by atoms with Crippen molar-refractivity contribution in [3.63, 3.8) is 0 Å². The molecule has 0 spiro atoms. The number of anilines is 1. The normalized spacial score (nSPS) is 10.7. The van der Waals surface area contributed by atoms with E-state index >= 15 is 0 Å². The first-order valence-corrected chi connectivity index (χ1v) is 4.37. The number of aromatic amines is 1. The number of nitrogens with zero attached hydrogens (tertiary/aromatic N) is 2. The molecule has 1 N–H and O–H groups in total. The van der Waals surface area contributed by atoms with Crippen LogP contribution in [0.4, 0.5) is 5.82 Å². The molecule has 0 unspecified atom stereocenters. The highest BCUT2D eigenvalue weighted by Crippen LogP contribution is 2.24. The van der Waals surface area contributed by atoms with Crippen molar-refractivity contribution in [1.29, 1.82) is 0 Å². The van der Waals surface area contributed by atoms with Crippen LogP contribution in [-0.4, -0.2) is 24.1 Å². The van der Waals surface area contributed by atoms with Crippen molar-refractivity contribution in [3.05, 3.63) is 23.4 Å². The Morgan fingerprint density at radius 2 is 2.23 bits per heavy atom. The topological polar surface area (TPSA) is 31.9 Å². The molecule has 0 fully saturated rings. The van der Waals surface area contributed by atoms with Gasteiger partial charge in [0.25, 0.3) is 0 Å². The number of pyridine rings is 1. The van der Waals surface area contributed by atoms with Crippen LogP contribution in [0.3, 0.4) is 0 Å². The van der Waals surface area contributed by atoms with E-state index in [1.165, 1.54) is 0 Å². The molecule has 0 bridgehead atoms. The van der Waals surface area contributed by atoms with Gasteiger partial charge in [-0.05, 0) is 6.07 Å². The van der Waals surface area contributed by atoms with Gasteiger partial charge in [0.1, 0.15) is 11.5 Å². The maximum absolute atomic E-state index is 6.06. The van der Waals surface area contributed by atoms with Crippen LogP contribution in [0.1, 0.15) is 0 Å². The molecule has 2 heterocycles. The zero-order valence-electron chi connectivity index (χ0n) is 7.50. The fraction of sp³-hybridized carbons (Fsp3) is 0.222. The van der Waals surface area contributed by atoms with Crippen molar-refractivity contribution in [2.45, 2.75) is 0 Å². The second-order valence-corrected chi connectivity index (χ2v) is 3.50. The van der Waals surface area contributed by atoms with Crippen LogP contribution >= 0.6 is 11.6 Å². The number of hydrogen-bond acceptors (Lipinski definition) is 2. The summed E-state index contributed by atoms with van der Waals surface area (Å²) in [5.41, 5.74) is 0.830. The zero-order chi connectivity index (χ0) is 9.42. The molecule has 0 radical (unpaired) electrons. The predicted molar refractivity (Wildman–Crippen MR) is 55.4 cm³/mol. The molecule has 0 aliphatic carbocycles. The Kier molecular flexibility index (Phi) is 1.88. The Balaban J connectivity index is 2.70. The molecule has 0 saturated heterocycles. The molecule has 0 atom stereocenters. The van der Waals surface area contributed by atoms with Crippen LogP contribution in [0.2, 0.25) is 5.02 Å². The van der Waals surface area contributed by atoms with Gasteiger partial charge in [-0.3, -0.25) is 0 Å². The summed E-state index contributed by atoms with van der Waals surface area (Å²) in [6.07, 6.45) is 1.84. The number of hydrogen-bond donors (Lipinski definition) is 1. The van der Waals surface area contributed by atoms with Gasteiger partial charge in [0, 0.05) is 31.7 Å². The van der Waals surface area contributed by atoms with Crippen molar-refractivity contribution in [2.75, 3.05) is 19.0 Å². The van der Waals surface area contributed by atoms with Gasteiger partial charge in [-0.2, -0.15) is 0 Å². The molecule has 13 heavy (non-hydrogen) atoms. The zero-order valence-corrected chi connectivity index (χ0v) is 8.26. The number of H-pyrrole nitrogens is 1. The Hall–Kier alpha value is -1.22.